The van der Waals surface area contributed by atoms with Crippen LogP contribution in [0.1, 0.15) is 39.0 Å². The monoisotopic (exact) mass is 225 g/mol. The zero-order valence-corrected chi connectivity index (χ0v) is 10.7. The van der Waals surface area contributed by atoms with E-state index in [0.29, 0.717) is 0 Å². The van der Waals surface area contributed by atoms with Gasteiger partial charge in [-0.05, 0) is 19.4 Å². The molecule has 1 aliphatic heterocycles. The first-order valence-corrected chi connectivity index (χ1v) is 6.95. The van der Waals surface area contributed by atoms with Crippen molar-refractivity contribution < 1.29 is 0 Å². The molecule has 0 spiro atoms. The number of nitrogens with two attached hydrogens (primary N) is 1. The number of piperazine rings is 1. The highest BCUT2D eigenvalue weighted by Crippen LogP contribution is 2.26. The Balaban J connectivity index is 1.77. The number of likely N-dealkylation sites (N-methyl/N-ethyl adjacent to an activating group) is 1. The van der Waals surface area contributed by atoms with Crippen molar-refractivity contribution in [3.63, 3.8) is 0 Å². The molecule has 2 fully saturated rings. The van der Waals surface area contributed by atoms with Gasteiger partial charge in [-0.2, -0.15) is 0 Å². The predicted molar refractivity (Wildman–Crippen MR) is 68.6 cm³/mol. The van der Waals surface area contributed by atoms with Crippen molar-refractivity contribution in [2.24, 2.45) is 5.73 Å². The molecule has 1 saturated heterocycles. The molecule has 0 unspecified atom stereocenters. The molecular weight excluding hydrogens is 198 g/mol. The van der Waals surface area contributed by atoms with Crippen molar-refractivity contribution in [1.82, 2.24) is 9.80 Å². The molecule has 0 aromatic rings. The maximum atomic E-state index is 6.50. The molecule has 2 aliphatic rings. The van der Waals surface area contributed by atoms with E-state index in [1.165, 1.54) is 64.8 Å². The van der Waals surface area contributed by atoms with Gasteiger partial charge in [0.15, 0.2) is 0 Å². The third-order valence-corrected chi connectivity index (χ3v) is 4.30. The molecule has 94 valence electrons. The van der Waals surface area contributed by atoms with Crippen LogP contribution >= 0.6 is 0 Å². The summed E-state index contributed by atoms with van der Waals surface area (Å²) in [4.78, 5) is 5.11. The smallest absolute Gasteiger partial charge is 0.0283 e. The van der Waals surface area contributed by atoms with E-state index in [4.69, 9.17) is 5.73 Å². The van der Waals surface area contributed by atoms with E-state index in [1.54, 1.807) is 0 Å². The Kier molecular flexibility index (Phi) is 4.22. The van der Waals surface area contributed by atoms with E-state index < -0.39 is 0 Å². The summed E-state index contributed by atoms with van der Waals surface area (Å²) < 4.78 is 0. The van der Waals surface area contributed by atoms with Crippen LogP contribution in [0.4, 0.5) is 0 Å². The summed E-state index contributed by atoms with van der Waals surface area (Å²) in [6.07, 6.45) is 6.54. The highest BCUT2D eigenvalue weighted by atomic mass is 15.3. The first-order chi connectivity index (χ1) is 7.72. The summed E-state index contributed by atoms with van der Waals surface area (Å²) in [5.41, 5.74) is 6.63. The lowest BCUT2D eigenvalue weighted by Crippen LogP contribution is -2.56. The van der Waals surface area contributed by atoms with Crippen LogP contribution in [0.25, 0.3) is 0 Å². The Morgan fingerprint density at radius 3 is 2.06 bits per heavy atom. The van der Waals surface area contributed by atoms with Crippen LogP contribution < -0.4 is 5.73 Å². The molecule has 3 heteroatoms. The second kappa shape index (κ2) is 5.48. The van der Waals surface area contributed by atoms with Crippen molar-refractivity contribution in [1.29, 1.82) is 0 Å². The Morgan fingerprint density at radius 1 is 0.938 bits per heavy atom. The highest BCUT2D eigenvalue weighted by molar-refractivity contribution is 4.91. The number of hydrogen-bond acceptors (Lipinski definition) is 3. The van der Waals surface area contributed by atoms with Crippen molar-refractivity contribution in [3.05, 3.63) is 0 Å². The molecule has 1 heterocycles. The minimum atomic E-state index is 0.132. The van der Waals surface area contributed by atoms with E-state index in [9.17, 15) is 0 Å². The second-order valence-corrected chi connectivity index (χ2v) is 5.63. The average Bonchev–Trinajstić information content (AvgIpc) is 2.30. The molecule has 1 saturated carbocycles. The van der Waals surface area contributed by atoms with Crippen molar-refractivity contribution >= 4 is 0 Å². The van der Waals surface area contributed by atoms with Gasteiger partial charge >= 0.3 is 0 Å². The SMILES string of the molecule is CCN1CCN(CC2(N)CCCCC2)CC1. The fraction of sp³-hybridized carbons (Fsp3) is 1.00. The highest BCUT2D eigenvalue weighted by Gasteiger charge is 2.30. The van der Waals surface area contributed by atoms with Crippen LogP contribution in [0.2, 0.25) is 0 Å². The zero-order valence-electron chi connectivity index (χ0n) is 10.7. The van der Waals surface area contributed by atoms with E-state index >= 15 is 0 Å². The average molecular weight is 225 g/mol. The summed E-state index contributed by atoms with van der Waals surface area (Å²) in [6.45, 7) is 9.46. The Hall–Kier alpha value is -0.120. The minimum absolute atomic E-state index is 0.132. The van der Waals surface area contributed by atoms with Crippen molar-refractivity contribution in [3.8, 4) is 0 Å². The molecule has 0 atom stereocenters. The predicted octanol–water partition coefficient (Wildman–Crippen LogP) is 1.29. The van der Waals surface area contributed by atoms with E-state index in [0.717, 1.165) is 6.54 Å². The van der Waals surface area contributed by atoms with E-state index in [1.807, 2.05) is 0 Å². The molecule has 2 rings (SSSR count). The fourth-order valence-electron chi connectivity index (χ4n) is 3.12. The molecule has 0 aromatic heterocycles. The normalized spacial score (nSPS) is 28.1. The summed E-state index contributed by atoms with van der Waals surface area (Å²) in [5.74, 6) is 0. The zero-order chi connectivity index (χ0) is 11.4. The lowest BCUT2D eigenvalue weighted by molar-refractivity contribution is 0.102. The topological polar surface area (TPSA) is 32.5 Å². The lowest BCUT2D eigenvalue weighted by Gasteiger charge is -2.41. The molecule has 3 nitrogen and oxygen atoms in total. The van der Waals surface area contributed by atoms with E-state index in [2.05, 4.69) is 16.7 Å². The van der Waals surface area contributed by atoms with Gasteiger partial charge in [0.2, 0.25) is 0 Å². The standard InChI is InChI=1S/C13H27N3/c1-2-15-8-10-16(11-9-15)12-13(14)6-4-3-5-7-13/h2-12,14H2,1H3. The molecule has 0 aromatic carbocycles. The Bertz CT molecular complexity index is 203. The minimum Gasteiger partial charge on any atom is -0.324 e. The second-order valence-electron chi connectivity index (χ2n) is 5.63. The van der Waals surface area contributed by atoms with Gasteiger partial charge in [-0.15, -0.1) is 0 Å². The van der Waals surface area contributed by atoms with Crippen molar-refractivity contribution in [2.75, 3.05) is 39.3 Å². The van der Waals surface area contributed by atoms with Crippen LogP contribution in [-0.4, -0.2) is 54.6 Å². The third-order valence-electron chi connectivity index (χ3n) is 4.30. The maximum Gasteiger partial charge on any atom is 0.0283 e. The molecule has 0 radical (unpaired) electrons. The third kappa shape index (κ3) is 3.19. The molecule has 2 N–H and O–H groups in total. The summed E-state index contributed by atoms with van der Waals surface area (Å²) >= 11 is 0. The van der Waals surface area contributed by atoms with Gasteiger partial charge in [-0.1, -0.05) is 26.2 Å². The Labute approximate surface area is 100.0 Å². The van der Waals surface area contributed by atoms with Gasteiger partial charge in [-0.25, -0.2) is 0 Å². The van der Waals surface area contributed by atoms with Crippen LogP contribution in [0.5, 0.6) is 0 Å². The Morgan fingerprint density at radius 2 is 1.50 bits per heavy atom. The van der Waals surface area contributed by atoms with Crippen LogP contribution in [0.15, 0.2) is 0 Å². The van der Waals surface area contributed by atoms with Gasteiger partial charge < -0.3 is 10.6 Å². The summed E-state index contributed by atoms with van der Waals surface area (Å²) in [5, 5.41) is 0. The fourth-order valence-corrected chi connectivity index (χ4v) is 3.12. The molecule has 1 aliphatic carbocycles. The number of nitrogens with zero attached hydrogens (tertiary/aromatic N) is 2. The molecule has 0 amide bonds. The van der Waals surface area contributed by atoms with Crippen LogP contribution in [-0.2, 0) is 0 Å². The van der Waals surface area contributed by atoms with Gasteiger partial charge in [0.1, 0.15) is 0 Å². The van der Waals surface area contributed by atoms with E-state index in [-0.39, 0.29) is 5.54 Å². The van der Waals surface area contributed by atoms with Gasteiger partial charge in [-0.3, -0.25) is 4.90 Å². The molecule has 16 heavy (non-hydrogen) atoms. The number of hydrogen-bond donors (Lipinski definition) is 1. The first-order valence-electron chi connectivity index (χ1n) is 6.95. The molecule has 0 bridgehead atoms. The quantitative estimate of drug-likeness (QED) is 0.785. The van der Waals surface area contributed by atoms with Crippen LogP contribution in [0.3, 0.4) is 0 Å². The first kappa shape index (κ1) is 12.3. The summed E-state index contributed by atoms with van der Waals surface area (Å²) in [6, 6.07) is 0. The van der Waals surface area contributed by atoms with Crippen LogP contribution in [0, 0.1) is 0 Å². The largest absolute Gasteiger partial charge is 0.324 e. The lowest BCUT2D eigenvalue weighted by atomic mass is 9.82. The van der Waals surface area contributed by atoms with Gasteiger partial charge in [0.25, 0.3) is 0 Å². The summed E-state index contributed by atoms with van der Waals surface area (Å²) in [7, 11) is 0. The van der Waals surface area contributed by atoms with Gasteiger partial charge in [0, 0.05) is 38.3 Å². The number of rotatable bonds is 3. The maximum absolute atomic E-state index is 6.50. The van der Waals surface area contributed by atoms with Gasteiger partial charge in [0.05, 0.1) is 0 Å². The molecular formula is C13H27N3. The van der Waals surface area contributed by atoms with Crippen molar-refractivity contribution in [2.45, 2.75) is 44.6 Å².